The molecule has 1 rings (SSSR count). The lowest BCUT2D eigenvalue weighted by Crippen LogP contribution is -2.20. The molecule has 90 valence electrons. The van der Waals surface area contributed by atoms with Crippen LogP contribution >= 0.6 is 11.6 Å². The van der Waals surface area contributed by atoms with Crippen LogP contribution in [0.4, 0.5) is 5.69 Å². The van der Waals surface area contributed by atoms with Crippen LogP contribution in [0.1, 0.15) is 5.56 Å². The fourth-order valence-corrected chi connectivity index (χ4v) is 1.43. The van der Waals surface area contributed by atoms with Gasteiger partial charge in [-0.05, 0) is 12.1 Å². The number of rotatable bonds is 6. The lowest BCUT2D eigenvalue weighted by atomic mass is 10.2. The quantitative estimate of drug-likeness (QED) is 0.744. The van der Waals surface area contributed by atoms with Crippen LogP contribution in [0, 0.1) is 11.3 Å². The van der Waals surface area contributed by atoms with Gasteiger partial charge in [0.2, 0.25) is 5.91 Å². The van der Waals surface area contributed by atoms with Gasteiger partial charge in [-0.2, -0.15) is 5.26 Å². The zero-order valence-corrected chi connectivity index (χ0v) is 9.83. The number of nitrogens with zero attached hydrogens (tertiary/aromatic N) is 1. The number of hydrogen-bond donors (Lipinski definition) is 2. The fraction of sp³-hybridized carbons (Fsp3) is 0.273. The molecule has 0 aliphatic carbocycles. The number of benzene rings is 1. The summed E-state index contributed by atoms with van der Waals surface area (Å²) < 4.78 is 4.97. The third-order valence-electron chi connectivity index (χ3n) is 1.93. The van der Waals surface area contributed by atoms with Crippen LogP contribution in [0.3, 0.4) is 0 Å². The average molecular weight is 254 g/mol. The Morgan fingerprint density at radius 3 is 3.00 bits per heavy atom. The molecule has 1 amide bonds. The number of nitrogens with two attached hydrogens (primary N) is 1. The summed E-state index contributed by atoms with van der Waals surface area (Å²) in [7, 11) is 0. The minimum atomic E-state index is -0.509. The molecule has 0 radical (unpaired) electrons. The van der Waals surface area contributed by atoms with Crippen molar-refractivity contribution in [3.05, 3.63) is 28.8 Å². The van der Waals surface area contributed by atoms with Gasteiger partial charge in [-0.3, -0.25) is 4.79 Å². The maximum Gasteiger partial charge on any atom is 0.243 e. The molecule has 0 aromatic heterocycles. The molecule has 0 aliphatic rings. The van der Waals surface area contributed by atoms with E-state index >= 15 is 0 Å². The molecule has 0 saturated heterocycles. The summed E-state index contributed by atoms with van der Waals surface area (Å²) in [6, 6.07) is 7.16. The Balaban J connectivity index is 2.45. The van der Waals surface area contributed by atoms with E-state index in [1.165, 1.54) is 0 Å². The number of ether oxygens (including phenoxy) is 1. The Hall–Kier alpha value is -1.77. The second kappa shape index (κ2) is 6.74. The van der Waals surface area contributed by atoms with E-state index in [9.17, 15) is 4.79 Å². The van der Waals surface area contributed by atoms with Gasteiger partial charge in [-0.15, -0.1) is 0 Å². The zero-order valence-electron chi connectivity index (χ0n) is 9.07. The smallest absolute Gasteiger partial charge is 0.243 e. The molecular weight excluding hydrogens is 242 g/mol. The van der Waals surface area contributed by atoms with Crippen molar-refractivity contribution in [3.8, 4) is 6.07 Å². The first-order valence-electron chi connectivity index (χ1n) is 4.93. The van der Waals surface area contributed by atoms with Crippen LogP contribution in [0.25, 0.3) is 0 Å². The monoisotopic (exact) mass is 253 g/mol. The van der Waals surface area contributed by atoms with Crippen molar-refractivity contribution < 1.29 is 9.53 Å². The fourth-order valence-electron chi connectivity index (χ4n) is 1.22. The van der Waals surface area contributed by atoms with E-state index in [-0.39, 0.29) is 6.61 Å². The standard InChI is InChI=1S/C11H12ClN3O2/c12-9-2-1-3-10(8(9)6-13)15-4-5-17-7-11(14)16/h1-3,15H,4-5,7H2,(H2,14,16). The molecule has 0 atom stereocenters. The van der Waals surface area contributed by atoms with Crippen molar-refractivity contribution in [1.82, 2.24) is 0 Å². The third-order valence-corrected chi connectivity index (χ3v) is 2.25. The SMILES string of the molecule is N#Cc1c(Cl)cccc1NCCOCC(N)=O. The second-order valence-electron chi connectivity index (χ2n) is 3.22. The van der Waals surface area contributed by atoms with E-state index in [1.54, 1.807) is 18.2 Å². The summed E-state index contributed by atoms with van der Waals surface area (Å²) in [6.07, 6.45) is 0. The van der Waals surface area contributed by atoms with Gasteiger partial charge < -0.3 is 15.8 Å². The van der Waals surface area contributed by atoms with Gasteiger partial charge in [0.1, 0.15) is 12.7 Å². The van der Waals surface area contributed by atoms with Gasteiger partial charge in [-0.1, -0.05) is 17.7 Å². The first-order chi connectivity index (χ1) is 8.15. The minimum absolute atomic E-state index is 0.109. The lowest BCUT2D eigenvalue weighted by molar-refractivity contribution is -0.122. The normalized spacial score (nSPS) is 9.65. The van der Waals surface area contributed by atoms with E-state index in [4.69, 9.17) is 27.3 Å². The molecule has 0 bridgehead atoms. The van der Waals surface area contributed by atoms with Crippen LogP contribution in [0.15, 0.2) is 18.2 Å². The Labute approximate surface area is 104 Å². The summed E-state index contributed by atoms with van der Waals surface area (Å²) in [5, 5.41) is 12.3. The predicted octanol–water partition coefficient (Wildman–Crippen LogP) is 1.13. The summed E-state index contributed by atoms with van der Waals surface area (Å²) in [5.74, 6) is -0.509. The lowest BCUT2D eigenvalue weighted by Gasteiger charge is -2.08. The van der Waals surface area contributed by atoms with Gasteiger partial charge >= 0.3 is 0 Å². The van der Waals surface area contributed by atoms with Crippen LogP contribution in [-0.4, -0.2) is 25.7 Å². The van der Waals surface area contributed by atoms with Crippen molar-refractivity contribution in [2.45, 2.75) is 0 Å². The second-order valence-corrected chi connectivity index (χ2v) is 3.63. The Morgan fingerprint density at radius 2 is 2.35 bits per heavy atom. The molecule has 0 spiro atoms. The molecule has 0 unspecified atom stereocenters. The zero-order chi connectivity index (χ0) is 12.7. The third kappa shape index (κ3) is 4.31. The number of halogens is 1. The summed E-state index contributed by atoms with van der Waals surface area (Å²) in [4.78, 5) is 10.4. The molecule has 6 heteroatoms. The van der Waals surface area contributed by atoms with Gasteiger partial charge in [0, 0.05) is 6.54 Å². The maximum atomic E-state index is 10.4. The van der Waals surface area contributed by atoms with E-state index < -0.39 is 5.91 Å². The number of carbonyl (C=O) groups excluding carboxylic acids is 1. The van der Waals surface area contributed by atoms with Crippen LogP contribution < -0.4 is 11.1 Å². The van der Waals surface area contributed by atoms with Crippen molar-refractivity contribution in [2.24, 2.45) is 5.73 Å². The van der Waals surface area contributed by atoms with Crippen LogP contribution in [-0.2, 0) is 9.53 Å². The summed E-state index contributed by atoms with van der Waals surface area (Å²) in [6.45, 7) is 0.672. The number of nitriles is 1. The topological polar surface area (TPSA) is 88.1 Å². The van der Waals surface area contributed by atoms with Gasteiger partial charge in [0.15, 0.2) is 0 Å². The highest BCUT2D eigenvalue weighted by molar-refractivity contribution is 6.32. The molecule has 17 heavy (non-hydrogen) atoms. The number of carbonyl (C=O) groups is 1. The predicted molar refractivity (Wildman–Crippen MR) is 64.7 cm³/mol. The molecular formula is C11H12ClN3O2. The number of amides is 1. The average Bonchev–Trinajstić information content (AvgIpc) is 2.28. The van der Waals surface area contributed by atoms with Crippen LogP contribution in [0.5, 0.6) is 0 Å². The van der Waals surface area contributed by atoms with Crippen molar-refractivity contribution >= 4 is 23.2 Å². The number of anilines is 1. The van der Waals surface area contributed by atoms with E-state index in [0.29, 0.717) is 29.4 Å². The first-order valence-corrected chi connectivity index (χ1v) is 5.31. The Bertz CT molecular complexity index is 443. The molecule has 1 aromatic carbocycles. The summed E-state index contributed by atoms with van der Waals surface area (Å²) >= 11 is 5.86. The minimum Gasteiger partial charge on any atom is -0.382 e. The van der Waals surface area contributed by atoms with E-state index in [0.717, 1.165) is 0 Å². The largest absolute Gasteiger partial charge is 0.382 e. The number of nitrogens with one attached hydrogen (secondary N) is 1. The van der Waals surface area contributed by atoms with Crippen molar-refractivity contribution in [1.29, 1.82) is 5.26 Å². The number of primary amides is 1. The number of hydrogen-bond acceptors (Lipinski definition) is 4. The highest BCUT2D eigenvalue weighted by Gasteiger charge is 2.05. The summed E-state index contributed by atoms with van der Waals surface area (Å²) in [5.41, 5.74) is 5.94. The van der Waals surface area contributed by atoms with Gasteiger partial charge in [0.25, 0.3) is 0 Å². The van der Waals surface area contributed by atoms with E-state index in [1.807, 2.05) is 6.07 Å². The van der Waals surface area contributed by atoms with Crippen LogP contribution in [0.2, 0.25) is 5.02 Å². The molecule has 0 saturated carbocycles. The maximum absolute atomic E-state index is 10.4. The van der Waals surface area contributed by atoms with Crippen molar-refractivity contribution in [3.63, 3.8) is 0 Å². The Morgan fingerprint density at radius 1 is 1.59 bits per heavy atom. The Kier molecular flexibility index (Phi) is 5.27. The molecule has 0 heterocycles. The first kappa shape index (κ1) is 13.3. The highest BCUT2D eigenvalue weighted by Crippen LogP contribution is 2.22. The van der Waals surface area contributed by atoms with Gasteiger partial charge in [0.05, 0.1) is 22.9 Å². The molecule has 3 N–H and O–H groups in total. The molecule has 0 fully saturated rings. The highest BCUT2D eigenvalue weighted by atomic mass is 35.5. The van der Waals surface area contributed by atoms with E-state index in [2.05, 4.69) is 5.32 Å². The molecule has 1 aromatic rings. The van der Waals surface area contributed by atoms with Gasteiger partial charge in [-0.25, -0.2) is 0 Å². The molecule has 0 aliphatic heterocycles. The molecule has 5 nitrogen and oxygen atoms in total. The van der Waals surface area contributed by atoms with Crippen molar-refractivity contribution in [2.75, 3.05) is 25.1 Å².